The van der Waals surface area contributed by atoms with Gasteiger partial charge in [-0.3, -0.25) is 0 Å². The van der Waals surface area contributed by atoms with E-state index in [1.807, 2.05) is 6.07 Å². The van der Waals surface area contributed by atoms with Gasteiger partial charge in [0.25, 0.3) is 0 Å². The Balaban J connectivity index is 3.01. The highest BCUT2D eigenvalue weighted by Crippen LogP contribution is 2.37. The molecule has 1 aromatic heterocycles. The second kappa shape index (κ2) is 3.97. The zero-order valence-electron chi connectivity index (χ0n) is 6.69. The van der Waals surface area contributed by atoms with Crippen molar-refractivity contribution in [3.8, 4) is 0 Å². The molecule has 1 aromatic carbocycles. The Labute approximate surface area is 108 Å². The van der Waals surface area contributed by atoms with Crippen LogP contribution in [-0.2, 0) is 0 Å². The van der Waals surface area contributed by atoms with Crippen LogP contribution in [0, 0.1) is 0 Å². The van der Waals surface area contributed by atoms with Crippen LogP contribution in [-0.4, -0.2) is 4.98 Å². The minimum atomic E-state index is 0.540. The summed E-state index contributed by atoms with van der Waals surface area (Å²) in [6, 6.07) is 3.64. The first-order valence-electron chi connectivity index (χ1n) is 3.69. The maximum Gasteiger partial charge on any atom is 0.114 e. The number of aromatic nitrogens is 1. The highest BCUT2D eigenvalue weighted by molar-refractivity contribution is 9.11. The molecule has 0 aliphatic heterocycles. The van der Waals surface area contributed by atoms with Crippen molar-refractivity contribution in [3.05, 3.63) is 37.5 Å². The van der Waals surface area contributed by atoms with Gasteiger partial charge in [0, 0.05) is 21.4 Å². The lowest BCUT2D eigenvalue weighted by atomic mass is 10.2. The van der Waals surface area contributed by atoms with Crippen LogP contribution in [0.15, 0.2) is 27.4 Å². The molecular formula is C9H3Br2Cl2N. The summed E-state index contributed by atoms with van der Waals surface area (Å²) in [4.78, 5) is 4.15. The maximum atomic E-state index is 6.09. The van der Waals surface area contributed by atoms with Gasteiger partial charge in [0.2, 0.25) is 0 Å². The van der Waals surface area contributed by atoms with Crippen LogP contribution in [0.5, 0.6) is 0 Å². The van der Waals surface area contributed by atoms with Gasteiger partial charge >= 0.3 is 0 Å². The minimum Gasteiger partial charge on any atom is -0.248 e. The highest BCUT2D eigenvalue weighted by atomic mass is 79.9. The topological polar surface area (TPSA) is 12.9 Å². The van der Waals surface area contributed by atoms with Crippen molar-refractivity contribution >= 4 is 65.8 Å². The van der Waals surface area contributed by atoms with Crippen LogP contribution >= 0.6 is 55.1 Å². The van der Waals surface area contributed by atoms with E-state index in [0.717, 1.165) is 19.8 Å². The second-order valence-electron chi connectivity index (χ2n) is 2.68. The molecule has 0 fully saturated rings. The number of benzene rings is 1. The molecule has 0 saturated carbocycles. The standard InChI is InChI=1S/C9H3Br2Cl2N/c10-5-3-14-9(11)4-1-2-6(12)8(13)7(4)5/h1-3H. The van der Waals surface area contributed by atoms with E-state index in [1.54, 1.807) is 12.3 Å². The predicted octanol–water partition coefficient (Wildman–Crippen LogP) is 5.07. The molecule has 0 N–H and O–H groups in total. The van der Waals surface area contributed by atoms with Gasteiger partial charge in [-0.05, 0) is 37.9 Å². The van der Waals surface area contributed by atoms with Gasteiger partial charge in [0.1, 0.15) is 4.60 Å². The fraction of sp³-hybridized carbons (Fsp3) is 0. The Morgan fingerprint density at radius 3 is 2.57 bits per heavy atom. The average Bonchev–Trinajstić information content (AvgIpc) is 2.16. The van der Waals surface area contributed by atoms with E-state index < -0.39 is 0 Å². The van der Waals surface area contributed by atoms with Gasteiger partial charge in [-0.15, -0.1) is 0 Å². The first kappa shape index (κ1) is 10.7. The summed E-state index contributed by atoms with van der Waals surface area (Å²) in [7, 11) is 0. The summed E-state index contributed by atoms with van der Waals surface area (Å²) in [6.45, 7) is 0. The monoisotopic (exact) mass is 353 g/mol. The van der Waals surface area contributed by atoms with E-state index >= 15 is 0 Å². The summed E-state index contributed by atoms with van der Waals surface area (Å²) >= 11 is 18.8. The smallest absolute Gasteiger partial charge is 0.114 e. The Morgan fingerprint density at radius 1 is 1.14 bits per heavy atom. The number of hydrogen-bond acceptors (Lipinski definition) is 1. The first-order chi connectivity index (χ1) is 6.61. The van der Waals surface area contributed by atoms with Crippen LogP contribution in [0.25, 0.3) is 10.8 Å². The van der Waals surface area contributed by atoms with Gasteiger partial charge in [-0.1, -0.05) is 29.3 Å². The van der Waals surface area contributed by atoms with Crippen LogP contribution in [0.1, 0.15) is 0 Å². The Kier molecular flexibility index (Phi) is 3.03. The molecule has 0 aliphatic carbocycles. The van der Waals surface area contributed by atoms with Crippen LogP contribution in [0.2, 0.25) is 10.0 Å². The van der Waals surface area contributed by atoms with Crippen molar-refractivity contribution in [2.45, 2.75) is 0 Å². The van der Waals surface area contributed by atoms with Crippen LogP contribution in [0.4, 0.5) is 0 Å². The summed E-state index contributed by atoms with van der Waals surface area (Å²) in [5, 5.41) is 2.90. The molecule has 1 heterocycles. The number of pyridine rings is 1. The number of fused-ring (bicyclic) bond motifs is 1. The number of rotatable bonds is 0. The van der Waals surface area contributed by atoms with Crippen LogP contribution < -0.4 is 0 Å². The lowest BCUT2D eigenvalue weighted by Gasteiger charge is -2.05. The summed E-state index contributed by atoms with van der Waals surface area (Å²) < 4.78 is 1.59. The molecule has 1 nitrogen and oxygen atoms in total. The number of nitrogens with zero attached hydrogens (tertiary/aromatic N) is 1. The molecule has 0 amide bonds. The van der Waals surface area contributed by atoms with E-state index in [4.69, 9.17) is 23.2 Å². The van der Waals surface area contributed by atoms with Crippen molar-refractivity contribution in [2.24, 2.45) is 0 Å². The van der Waals surface area contributed by atoms with Gasteiger partial charge in [-0.25, -0.2) is 4.98 Å². The zero-order chi connectivity index (χ0) is 10.3. The molecule has 0 saturated heterocycles. The SMILES string of the molecule is Clc1ccc2c(Br)ncc(Br)c2c1Cl. The quantitative estimate of drug-likeness (QED) is 0.601. The summed E-state index contributed by atoms with van der Waals surface area (Å²) in [5.74, 6) is 0. The number of halogens is 4. The largest absolute Gasteiger partial charge is 0.248 e. The Morgan fingerprint density at radius 2 is 1.86 bits per heavy atom. The molecule has 5 heteroatoms. The van der Waals surface area contributed by atoms with Crippen LogP contribution in [0.3, 0.4) is 0 Å². The van der Waals surface area contributed by atoms with Crippen molar-refractivity contribution < 1.29 is 0 Å². The normalized spacial score (nSPS) is 10.9. The van der Waals surface area contributed by atoms with Crippen molar-refractivity contribution in [3.63, 3.8) is 0 Å². The summed E-state index contributed by atoms with van der Waals surface area (Å²) in [5.41, 5.74) is 0. The molecule has 0 radical (unpaired) electrons. The molecule has 0 atom stereocenters. The summed E-state index contributed by atoms with van der Waals surface area (Å²) in [6.07, 6.45) is 1.69. The van der Waals surface area contributed by atoms with Crippen molar-refractivity contribution in [1.29, 1.82) is 0 Å². The first-order valence-corrected chi connectivity index (χ1v) is 6.03. The third kappa shape index (κ3) is 1.67. The minimum absolute atomic E-state index is 0.540. The molecule has 2 aromatic rings. The van der Waals surface area contributed by atoms with E-state index in [9.17, 15) is 0 Å². The average molecular weight is 356 g/mol. The lowest BCUT2D eigenvalue weighted by molar-refractivity contribution is 1.30. The van der Waals surface area contributed by atoms with Crippen molar-refractivity contribution in [1.82, 2.24) is 4.98 Å². The fourth-order valence-corrected chi connectivity index (χ4v) is 2.69. The molecule has 0 bridgehead atoms. The predicted molar refractivity (Wildman–Crippen MR) is 67.2 cm³/mol. The molecule has 0 spiro atoms. The molecular weight excluding hydrogens is 353 g/mol. The Bertz CT molecular complexity index is 514. The van der Waals surface area contributed by atoms with E-state index in [0.29, 0.717) is 10.0 Å². The third-order valence-corrected chi connectivity index (χ3v) is 3.88. The zero-order valence-corrected chi connectivity index (χ0v) is 11.4. The van der Waals surface area contributed by atoms with Gasteiger partial charge in [0.05, 0.1) is 10.0 Å². The van der Waals surface area contributed by atoms with Gasteiger partial charge < -0.3 is 0 Å². The molecule has 2 rings (SSSR count). The third-order valence-electron chi connectivity index (χ3n) is 1.85. The lowest BCUT2D eigenvalue weighted by Crippen LogP contribution is -1.83. The van der Waals surface area contributed by atoms with E-state index in [-0.39, 0.29) is 0 Å². The second-order valence-corrected chi connectivity index (χ2v) is 5.07. The fourth-order valence-electron chi connectivity index (χ4n) is 1.20. The van der Waals surface area contributed by atoms with E-state index in [1.165, 1.54) is 0 Å². The molecule has 14 heavy (non-hydrogen) atoms. The van der Waals surface area contributed by atoms with Crippen molar-refractivity contribution in [2.75, 3.05) is 0 Å². The molecule has 0 aliphatic rings. The van der Waals surface area contributed by atoms with E-state index in [2.05, 4.69) is 36.8 Å². The van der Waals surface area contributed by atoms with Gasteiger partial charge in [0.15, 0.2) is 0 Å². The molecule has 0 unspecified atom stereocenters. The molecule has 72 valence electrons. The Hall–Kier alpha value is 0.170. The maximum absolute atomic E-state index is 6.09. The van der Waals surface area contributed by atoms with Gasteiger partial charge in [-0.2, -0.15) is 0 Å². The number of hydrogen-bond donors (Lipinski definition) is 0. The highest BCUT2D eigenvalue weighted by Gasteiger charge is 2.10.